The van der Waals surface area contributed by atoms with E-state index in [-0.39, 0.29) is 0 Å². The lowest BCUT2D eigenvalue weighted by atomic mass is 10.1. The third-order valence-electron chi connectivity index (χ3n) is 2.90. The standard InChI is InChI=1S/C14H20N2S/c1-3-17-9-8-16-7-6-13-5-4-12(11-15-2)10-14(13)16/h4-7,10,15H,3,8-9,11H2,1-2H3. The van der Waals surface area contributed by atoms with Crippen LogP contribution >= 0.6 is 11.8 Å². The minimum Gasteiger partial charge on any atom is -0.347 e. The average molecular weight is 248 g/mol. The second-order valence-electron chi connectivity index (χ2n) is 4.13. The summed E-state index contributed by atoms with van der Waals surface area (Å²) in [6.45, 7) is 4.25. The molecule has 1 N–H and O–H groups in total. The highest BCUT2D eigenvalue weighted by molar-refractivity contribution is 7.99. The first-order valence-electron chi connectivity index (χ1n) is 6.15. The summed E-state index contributed by atoms with van der Waals surface area (Å²) in [7, 11) is 1.99. The zero-order valence-corrected chi connectivity index (χ0v) is 11.4. The van der Waals surface area contributed by atoms with Crippen molar-refractivity contribution in [1.29, 1.82) is 0 Å². The summed E-state index contributed by atoms with van der Waals surface area (Å²) in [4.78, 5) is 0. The van der Waals surface area contributed by atoms with Crippen LogP contribution in [0.3, 0.4) is 0 Å². The van der Waals surface area contributed by atoms with E-state index in [0.717, 1.165) is 13.1 Å². The van der Waals surface area contributed by atoms with Gasteiger partial charge in [0.25, 0.3) is 0 Å². The van der Waals surface area contributed by atoms with Crippen molar-refractivity contribution < 1.29 is 0 Å². The van der Waals surface area contributed by atoms with Crippen molar-refractivity contribution in [2.24, 2.45) is 0 Å². The molecule has 92 valence electrons. The molecule has 0 radical (unpaired) electrons. The van der Waals surface area contributed by atoms with Gasteiger partial charge in [-0.25, -0.2) is 0 Å². The fourth-order valence-electron chi connectivity index (χ4n) is 2.05. The number of thioether (sulfide) groups is 1. The van der Waals surface area contributed by atoms with E-state index in [1.54, 1.807) is 0 Å². The highest BCUT2D eigenvalue weighted by Crippen LogP contribution is 2.18. The molecule has 2 aromatic rings. The molecular weight excluding hydrogens is 228 g/mol. The maximum Gasteiger partial charge on any atom is 0.0483 e. The maximum atomic E-state index is 3.20. The molecule has 0 saturated carbocycles. The van der Waals surface area contributed by atoms with Crippen molar-refractivity contribution in [2.75, 3.05) is 18.6 Å². The van der Waals surface area contributed by atoms with Crippen LogP contribution in [0.25, 0.3) is 10.9 Å². The Morgan fingerprint density at radius 3 is 2.94 bits per heavy atom. The minimum absolute atomic E-state index is 0.935. The number of fused-ring (bicyclic) bond motifs is 1. The van der Waals surface area contributed by atoms with Gasteiger partial charge in [-0.15, -0.1) is 0 Å². The number of rotatable bonds is 6. The number of nitrogens with zero attached hydrogens (tertiary/aromatic N) is 1. The van der Waals surface area contributed by atoms with E-state index in [1.807, 2.05) is 18.8 Å². The molecule has 0 saturated heterocycles. The third-order valence-corrected chi connectivity index (χ3v) is 3.78. The van der Waals surface area contributed by atoms with Crippen LogP contribution in [0.5, 0.6) is 0 Å². The van der Waals surface area contributed by atoms with Gasteiger partial charge in [0.15, 0.2) is 0 Å². The second kappa shape index (κ2) is 6.12. The SMILES string of the molecule is CCSCCn1ccc2ccc(CNC)cc21. The van der Waals surface area contributed by atoms with Crippen molar-refractivity contribution in [2.45, 2.75) is 20.0 Å². The Hall–Kier alpha value is -0.930. The van der Waals surface area contributed by atoms with Crippen LogP contribution in [0.4, 0.5) is 0 Å². The van der Waals surface area contributed by atoms with Crippen molar-refractivity contribution in [3.8, 4) is 0 Å². The van der Waals surface area contributed by atoms with Gasteiger partial charge in [0.1, 0.15) is 0 Å². The van der Waals surface area contributed by atoms with Gasteiger partial charge in [0.2, 0.25) is 0 Å². The Kier molecular flexibility index (Phi) is 4.51. The van der Waals surface area contributed by atoms with E-state index < -0.39 is 0 Å². The Labute approximate surface area is 107 Å². The molecule has 0 aliphatic carbocycles. The summed E-state index contributed by atoms with van der Waals surface area (Å²) in [5, 5.41) is 4.54. The fourth-order valence-corrected chi connectivity index (χ4v) is 2.66. The van der Waals surface area contributed by atoms with Crippen LogP contribution in [0.2, 0.25) is 0 Å². The maximum absolute atomic E-state index is 3.20. The highest BCUT2D eigenvalue weighted by atomic mass is 32.2. The lowest BCUT2D eigenvalue weighted by Crippen LogP contribution is -2.05. The molecule has 0 spiro atoms. The Morgan fingerprint density at radius 1 is 1.29 bits per heavy atom. The van der Waals surface area contributed by atoms with E-state index in [1.165, 1.54) is 28.0 Å². The summed E-state index contributed by atoms with van der Waals surface area (Å²) in [6.07, 6.45) is 2.20. The van der Waals surface area contributed by atoms with E-state index in [2.05, 4.69) is 47.3 Å². The monoisotopic (exact) mass is 248 g/mol. The van der Waals surface area contributed by atoms with Gasteiger partial charge >= 0.3 is 0 Å². The van der Waals surface area contributed by atoms with Gasteiger partial charge in [-0.2, -0.15) is 11.8 Å². The first-order chi connectivity index (χ1) is 8.35. The molecule has 0 amide bonds. The first kappa shape index (κ1) is 12.5. The van der Waals surface area contributed by atoms with Crippen molar-refractivity contribution >= 4 is 22.7 Å². The van der Waals surface area contributed by atoms with Crippen molar-refractivity contribution in [1.82, 2.24) is 9.88 Å². The molecular formula is C14H20N2S. The smallest absolute Gasteiger partial charge is 0.0483 e. The summed E-state index contributed by atoms with van der Waals surface area (Å²) in [6, 6.07) is 8.91. The second-order valence-corrected chi connectivity index (χ2v) is 5.52. The molecule has 17 heavy (non-hydrogen) atoms. The van der Waals surface area contributed by atoms with Crippen LogP contribution in [0.1, 0.15) is 12.5 Å². The molecule has 0 aliphatic heterocycles. The normalized spacial score (nSPS) is 11.2. The van der Waals surface area contributed by atoms with Crippen LogP contribution in [-0.4, -0.2) is 23.1 Å². The number of aryl methyl sites for hydroxylation is 1. The molecule has 1 aromatic heterocycles. The molecule has 2 nitrogen and oxygen atoms in total. The van der Waals surface area contributed by atoms with Gasteiger partial charge in [-0.05, 0) is 35.9 Å². The summed E-state index contributed by atoms with van der Waals surface area (Å²) in [5.41, 5.74) is 2.71. The van der Waals surface area contributed by atoms with Crippen LogP contribution < -0.4 is 5.32 Å². The Bertz CT molecular complexity index is 476. The van der Waals surface area contributed by atoms with E-state index in [0.29, 0.717) is 0 Å². The lowest BCUT2D eigenvalue weighted by molar-refractivity contribution is 0.799. The molecule has 0 unspecified atom stereocenters. The number of benzene rings is 1. The molecule has 2 rings (SSSR count). The topological polar surface area (TPSA) is 17.0 Å². The molecule has 1 heterocycles. The number of nitrogens with one attached hydrogen (secondary N) is 1. The zero-order valence-electron chi connectivity index (χ0n) is 10.6. The predicted molar refractivity (Wildman–Crippen MR) is 77.7 cm³/mol. The van der Waals surface area contributed by atoms with E-state index >= 15 is 0 Å². The average Bonchev–Trinajstić information content (AvgIpc) is 2.73. The Balaban J connectivity index is 2.20. The van der Waals surface area contributed by atoms with Crippen LogP contribution in [-0.2, 0) is 13.1 Å². The predicted octanol–water partition coefficient (Wildman–Crippen LogP) is 3.11. The van der Waals surface area contributed by atoms with Gasteiger partial charge in [-0.1, -0.05) is 19.1 Å². The van der Waals surface area contributed by atoms with Gasteiger partial charge < -0.3 is 9.88 Å². The minimum atomic E-state index is 0.935. The fraction of sp³-hybridized carbons (Fsp3) is 0.429. The zero-order chi connectivity index (χ0) is 12.1. The number of hydrogen-bond donors (Lipinski definition) is 1. The molecule has 1 aromatic carbocycles. The van der Waals surface area contributed by atoms with Gasteiger partial charge in [-0.3, -0.25) is 0 Å². The van der Waals surface area contributed by atoms with Gasteiger partial charge in [0, 0.05) is 30.6 Å². The first-order valence-corrected chi connectivity index (χ1v) is 7.30. The van der Waals surface area contributed by atoms with Crippen LogP contribution in [0, 0.1) is 0 Å². The Morgan fingerprint density at radius 2 is 2.18 bits per heavy atom. The molecule has 0 atom stereocenters. The summed E-state index contributed by atoms with van der Waals surface area (Å²) >= 11 is 2.00. The summed E-state index contributed by atoms with van der Waals surface area (Å²) in [5.74, 6) is 2.39. The third kappa shape index (κ3) is 3.05. The highest BCUT2D eigenvalue weighted by Gasteiger charge is 2.02. The molecule has 0 aliphatic rings. The van der Waals surface area contributed by atoms with Crippen LogP contribution in [0.15, 0.2) is 30.5 Å². The molecule has 0 bridgehead atoms. The van der Waals surface area contributed by atoms with E-state index in [9.17, 15) is 0 Å². The number of aromatic nitrogens is 1. The van der Waals surface area contributed by atoms with Crippen molar-refractivity contribution in [3.05, 3.63) is 36.0 Å². The number of hydrogen-bond acceptors (Lipinski definition) is 2. The molecule has 0 fully saturated rings. The lowest BCUT2D eigenvalue weighted by Gasteiger charge is -2.06. The molecule has 3 heteroatoms. The van der Waals surface area contributed by atoms with Gasteiger partial charge in [0.05, 0.1) is 0 Å². The quantitative estimate of drug-likeness (QED) is 0.791. The summed E-state index contributed by atoms with van der Waals surface area (Å²) < 4.78 is 2.36. The van der Waals surface area contributed by atoms with E-state index in [4.69, 9.17) is 0 Å². The largest absolute Gasteiger partial charge is 0.347 e. The van der Waals surface area contributed by atoms with Crippen molar-refractivity contribution in [3.63, 3.8) is 0 Å².